The minimum absolute atomic E-state index is 0.754. The second-order valence-corrected chi connectivity index (χ2v) is 8.48. The summed E-state index contributed by atoms with van der Waals surface area (Å²) in [5.74, 6) is 0.823. The number of benzene rings is 2. The van der Waals surface area contributed by atoms with Gasteiger partial charge < -0.3 is 4.42 Å². The Kier molecular flexibility index (Phi) is 4.39. The first-order valence-corrected chi connectivity index (χ1v) is 10.6. The third-order valence-electron chi connectivity index (χ3n) is 4.46. The molecule has 28 heavy (non-hydrogen) atoms. The molecule has 0 saturated carbocycles. The average Bonchev–Trinajstić information content (AvgIpc) is 3.39. The average molecular weight is 401 g/mol. The fraction of sp³-hybridized carbons (Fsp3) is 0.0435. The SMILES string of the molecule is Cc1sc(N=c2cc(-c3cccs3)oc3ccccc23)nc1-c1ccccc1. The largest absolute Gasteiger partial charge is 0.455 e. The number of aryl methyl sites for hydroxylation is 1. The first-order valence-electron chi connectivity index (χ1n) is 8.92. The highest BCUT2D eigenvalue weighted by Gasteiger charge is 2.10. The van der Waals surface area contributed by atoms with Crippen LogP contribution in [0.3, 0.4) is 0 Å². The van der Waals surface area contributed by atoms with Crippen molar-refractivity contribution in [3.8, 4) is 21.9 Å². The monoisotopic (exact) mass is 400 g/mol. The van der Waals surface area contributed by atoms with E-state index in [0.717, 1.165) is 48.2 Å². The zero-order valence-corrected chi connectivity index (χ0v) is 16.8. The second-order valence-electron chi connectivity index (χ2n) is 6.35. The van der Waals surface area contributed by atoms with Crippen molar-refractivity contribution in [2.24, 2.45) is 4.99 Å². The normalized spacial score (nSPS) is 12.0. The van der Waals surface area contributed by atoms with E-state index < -0.39 is 0 Å². The molecule has 0 atom stereocenters. The highest BCUT2D eigenvalue weighted by molar-refractivity contribution is 7.15. The molecule has 0 N–H and O–H groups in total. The highest BCUT2D eigenvalue weighted by atomic mass is 32.1. The molecule has 0 fully saturated rings. The molecule has 0 aliphatic rings. The van der Waals surface area contributed by atoms with Crippen molar-refractivity contribution in [2.45, 2.75) is 6.92 Å². The van der Waals surface area contributed by atoms with Gasteiger partial charge in [-0.15, -0.1) is 11.3 Å². The fourth-order valence-electron chi connectivity index (χ4n) is 3.15. The molecule has 0 aliphatic heterocycles. The Balaban J connectivity index is 1.70. The Hall–Kier alpha value is -3.02. The number of rotatable bonds is 3. The highest BCUT2D eigenvalue weighted by Crippen LogP contribution is 2.32. The maximum absolute atomic E-state index is 6.12. The molecule has 0 unspecified atom stereocenters. The van der Waals surface area contributed by atoms with E-state index in [0.29, 0.717) is 0 Å². The van der Waals surface area contributed by atoms with E-state index in [-0.39, 0.29) is 0 Å². The molecule has 0 radical (unpaired) electrons. The van der Waals surface area contributed by atoms with Crippen LogP contribution in [0.25, 0.3) is 32.9 Å². The maximum Gasteiger partial charge on any atom is 0.210 e. The van der Waals surface area contributed by atoms with E-state index in [4.69, 9.17) is 14.4 Å². The van der Waals surface area contributed by atoms with Crippen LogP contribution in [0, 0.1) is 6.92 Å². The third-order valence-corrected chi connectivity index (χ3v) is 6.21. The first kappa shape index (κ1) is 17.1. The smallest absolute Gasteiger partial charge is 0.210 e. The minimum Gasteiger partial charge on any atom is -0.455 e. The molecular weight excluding hydrogens is 384 g/mol. The number of hydrogen-bond donors (Lipinski definition) is 0. The van der Waals surface area contributed by atoms with E-state index >= 15 is 0 Å². The van der Waals surface area contributed by atoms with Crippen LogP contribution in [0.1, 0.15) is 4.88 Å². The number of thiophene rings is 1. The Labute approximate surface area is 170 Å². The summed E-state index contributed by atoms with van der Waals surface area (Å²) in [4.78, 5) is 11.9. The van der Waals surface area contributed by atoms with Gasteiger partial charge >= 0.3 is 0 Å². The van der Waals surface area contributed by atoms with Crippen LogP contribution >= 0.6 is 22.7 Å². The standard InChI is InChI=1S/C23H16N2OS2/c1-15-22(16-8-3-2-4-9-16)25-23(28-15)24-18-14-20(21-12-7-13-27-21)26-19-11-6-5-10-17(18)19/h2-14H,1H3. The van der Waals surface area contributed by atoms with Crippen LogP contribution in [-0.2, 0) is 0 Å². The van der Waals surface area contributed by atoms with Crippen molar-refractivity contribution in [1.82, 2.24) is 4.98 Å². The van der Waals surface area contributed by atoms with Crippen LogP contribution < -0.4 is 5.36 Å². The molecule has 0 saturated heterocycles. The lowest BCUT2D eigenvalue weighted by Gasteiger charge is -2.02. The number of thiazole rings is 1. The summed E-state index contributed by atoms with van der Waals surface area (Å²) in [7, 11) is 0. The second kappa shape index (κ2) is 7.19. The van der Waals surface area contributed by atoms with Crippen molar-refractivity contribution < 1.29 is 4.42 Å². The van der Waals surface area contributed by atoms with Crippen LogP contribution in [0.15, 0.2) is 87.6 Å². The summed E-state index contributed by atoms with van der Waals surface area (Å²) in [5, 5.41) is 4.66. The van der Waals surface area contributed by atoms with Gasteiger partial charge in [0.1, 0.15) is 11.3 Å². The lowest BCUT2D eigenvalue weighted by molar-refractivity contribution is 0.620. The zero-order chi connectivity index (χ0) is 18.9. The van der Waals surface area contributed by atoms with Crippen LogP contribution in [0.5, 0.6) is 0 Å². The van der Waals surface area contributed by atoms with E-state index in [9.17, 15) is 0 Å². The Morgan fingerprint density at radius 3 is 2.57 bits per heavy atom. The van der Waals surface area contributed by atoms with Gasteiger partial charge in [0.25, 0.3) is 0 Å². The molecule has 0 spiro atoms. The summed E-state index contributed by atoms with van der Waals surface area (Å²) in [6.07, 6.45) is 0. The molecule has 0 aliphatic carbocycles. The van der Waals surface area contributed by atoms with Gasteiger partial charge in [-0.1, -0.05) is 59.9 Å². The molecule has 3 nitrogen and oxygen atoms in total. The zero-order valence-electron chi connectivity index (χ0n) is 15.1. The summed E-state index contributed by atoms with van der Waals surface area (Å²) in [6, 6.07) is 24.3. The summed E-state index contributed by atoms with van der Waals surface area (Å²) in [5.41, 5.74) is 2.93. The summed E-state index contributed by atoms with van der Waals surface area (Å²) >= 11 is 3.27. The summed E-state index contributed by atoms with van der Waals surface area (Å²) < 4.78 is 6.12. The fourth-order valence-corrected chi connectivity index (χ4v) is 4.64. The van der Waals surface area contributed by atoms with Crippen LogP contribution in [-0.4, -0.2) is 4.98 Å². The lowest BCUT2D eigenvalue weighted by Crippen LogP contribution is -2.02. The number of hydrogen-bond acceptors (Lipinski definition) is 5. The molecule has 5 aromatic rings. The number of para-hydroxylation sites is 1. The minimum atomic E-state index is 0.754. The Morgan fingerprint density at radius 2 is 1.75 bits per heavy atom. The lowest BCUT2D eigenvalue weighted by atomic mass is 10.1. The maximum atomic E-state index is 6.12. The van der Waals surface area contributed by atoms with Gasteiger partial charge in [0.05, 0.1) is 15.9 Å². The van der Waals surface area contributed by atoms with Crippen molar-refractivity contribution in [1.29, 1.82) is 0 Å². The number of nitrogens with zero attached hydrogens (tertiary/aromatic N) is 2. The molecule has 5 rings (SSSR count). The molecule has 136 valence electrons. The molecule has 5 heteroatoms. The predicted octanol–water partition coefficient (Wildman–Crippen LogP) is 6.83. The quantitative estimate of drug-likeness (QED) is 0.333. The van der Waals surface area contributed by atoms with Crippen molar-refractivity contribution >= 4 is 38.8 Å². The molecule has 0 amide bonds. The number of aromatic nitrogens is 1. The molecule has 3 aromatic heterocycles. The third kappa shape index (κ3) is 3.19. The van der Waals surface area contributed by atoms with E-state index in [1.807, 2.05) is 60.0 Å². The topological polar surface area (TPSA) is 38.4 Å². The number of fused-ring (bicyclic) bond motifs is 1. The predicted molar refractivity (Wildman–Crippen MR) is 117 cm³/mol. The van der Waals surface area contributed by atoms with Crippen molar-refractivity contribution in [3.63, 3.8) is 0 Å². The van der Waals surface area contributed by atoms with Gasteiger partial charge in [0.2, 0.25) is 5.13 Å². The van der Waals surface area contributed by atoms with Gasteiger partial charge in [0, 0.05) is 21.9 Å². The van der Waals surface area contributed by atoms with Gasteiger partial charge in [-0.2, -0.15) is 0 Å². The van der Waals surface area contributed by atoms with E-state index in [1.54, 1.807) is 22.7 Å². The molecule has 3 heterocycles. The summed E-state index contributed by atoms with van der Waals surface area (Å²) in [6.45, 7) is 2.09. The van der Waals surface area contributed by atoms with Crippen molar-refractivity contribution in [3.05, 3.63) is 88.4 Å². The first-order chi connectivity index (χ1) is 13.8. The van der Waals surface area contributed by atoms with Crippen LogP contribution in [0.2, 0.25) is 0 Å². The molecule has 2 aromatic carbocycles. The van der Waals surface area contributed by atoms with Gasteiger partial charge in [-0.25, -0.2) is 9.98 Å². The molecular formula is C23H16N2OS2. The van der Waals surface area contributed by atoms with Gasteiger partial charge in [-0.05, 0) is 30.5 Å². The van der Waals surface area contributed by atoms with E-state index in [2.05, 4.69) is 25.1 Å². The Bertz CT molecular complexity index is 1320. The van der Waals surface area contributed by atoms with E-state index in [1.165, 1.54) is 0 Å². The van der Waals surface area contributed by atoms with Crippen LogP contribution in [0.4, 0.5) is 5.13 Å². The van der Waals surface area contributed by atoms with Crippen molar-refractivity contribution in [2.75, 3.05) is 0 Å². The van der Waals surface area contributed by atoms with Gasteiger partial charge in [0.15, 0.2) is 0 Å². The Morgan fingerprint density at radius 1 is 0.929 bits per heavy atom. The molecule has 0 bridgehead atoms. The van der Waals surface area contributed by atoms with Gasteiger partial charge in [-0.3, -0.25) is 0 Å².